The fraction of sp³-hybridized carbons (Fsp3) is 0.857. The van der Waals surface area contributed by atoms with Crippen LogP contribution in [0.25, 0.3) is 0 Å². The van der Waals surface area contributed by atoms with Gasteiger partial charge in [0.05, 0.1) is 33.6 Å². The van der Waals surface area contributed by atoms with Crippen LogP contribution in [0.5, 0.6) is 0 Å². The second kappa shape index (κ2) is 4.62. The Kier molecular flexibility index (Phi) is 4.52. The molecule has 0 fully saturated rings. The number of hydrogen-bond donors (Lipinski definition) is 2. The van der Waals surface area contributed by atoms with Crippen LogP contribution in [0.2, 0.25) is 0 Å². The number of rotatable bonds is 5. The topological polar surface area (TPSA) is 37.3 Å². The standard InChI is InChI=1S/C7H15NO2S/c1-8(2,5-6-11)4-3-7(9)10/h3-6H2,1-2H3,(H-,9,10,11)/p+1. The lowest BCUT2D eigenvalue weighted by atomic mass is 10.3. The Morgan fingerprint density at radius 1 is 1.45 bits per heavy atom. The van der Waals surface area contributed by atoms with Gasteiger partial charge in [-0.1, -0.05) is 0 Å². The Morgan fingerprint density at radius 2 is 2.00 bits per heavy atom. The first kappa shape index (κ1) is 10.8. The molecule has 0 saturated carbocycles. The summed E-state index contributed by atoms with van der Waals surface area (Å²) in [5, 5.41) is 8.42. The van der Waals surface area contributed by atoms with E-state index < -0.39 is 5.97 Å². The highest BCUT2D eigenvalue weighted by Crippen LogP contribution is 1.99. The minimum atomic E-state index is -0.727. The Labute approximate surface area is 73.0 Å². The molecule has 4 heteroatoms. The molecule has 0 bridgehead atoms. The quantitative estimate of drug-likeness (QED) is 0.474. The lowest BCUT2D eigenvalue weighted by Gasteiger charge is -2.28. The molecular formula is C7H16NO2S+. The highest BCUT2D eigenvalue weighted by molar-refractivity contribution is 7.80. The van der Waals surface area contributed by atoms with Crippen molar-refractivity contribution < 1.29 is 14.4 Å². The molecule has 0 aliphatic rings. The molecule has 0 aromatic carbocycles. The van der Waals surface area contributed by atoms with E-state index in [4.69, 9.17) is 5.11 Å². The van der Waals surface area contributed by atoms with E-state index in [9.17, 15) is 4.79 Å². The van der Waals surface area contributed by atoms with Crippen molar-refractivity contribution in [3.8, 4) is 0 Å². The molecule has 0 heterocycles. The molecule has 11 heavy (non-hydrogen) atoms. The first-order valence-electron chi connectivity index (χ1n) is 3.62. The van der Waals surface area contributed by atoms with E-state index in [1.807, 2.05) is 14.1 Å². The molecular weight excluding hydrogens is 162 g/mol. The summed E-state index contributed by atoms with van der Waals surface area (Å²) >= 11 is 4.10. The summed E-state index contributed by atoms with van der Waals surface area (Å²) in [4.78, 5) is 10.2. The molecule has 0 aromatic heterocycles. The molecule has 0 rings (SSSR count). The summed E-state index contributed by atoms with van der Waals surface area (Å²) in [6, 6.07) is 0. The van der Waals surface area contributed by atoms with Crippen molar-refractivity contribution in [3.63, 3.8) is 0 Å². The van der Waals surface area contributed by atoms with E-state index in [-0.39, 0.29) is 6.42 Å². The van der Waals surface area contributed by atoms with E-state index in [1.165, 1.54) is 0 Å². The average Bonchev–Trinajstić information content (AvgIpc) is 1.84. The highest BCUT2D eigenvalue weighted by Gasteiger charge is 2.14. The third-order valence-corrected chi connectivity index (χ3v) is 1.84. The highest BCUT2D eigenvalue weighted by atomic mass is 32.1. The van der Waals surface area contributed by atoms with Crippen molar-refractivity contribution in [1.82, 2.24) is 0 Å². The Bertz CT molecular complexity index is 136. The Hall–Kier alpha value is -0.220. The third kappa shape index (κ3) is 6.19. The summed E-state index contributed by atoms with van der Waals surface area (Å²) in [5.74, 6) is 0.0717. The first-order chi connectivity index (χ1) is 4.98. The van der Waals surface area contributed by atoms with Gasteiger partial charge in [0.15, 0.2) is 0 Å². The van der Waals surface area contributed by atoms with E-state index >= 15 is 0 Å². The fourth-order valence-corrected chi connectivity index (χ4v) is 1.32. The van der Waals surface area contributed by atoms with Crippen LogP contribution in [0.1, 0.15) is 6.42 Å². The molecule has 0 saturated heterocycles. The molecule has 0 radical (unpaired) electrons. The van der Waals surface area contributed by atoms with Crippen molar-refractivity contribution in [2.75, 3.05) is 32.9 Å². The van der Waals surface area contributed by atoms with Crippen LogP contribution < -0.4 is 0 Å². The van der Waals surface area contributed by atoms with Crippen LogP contribution in [0.15, 0.2) is 0 Å². The number of hydrogen-bond acceptors (Lipinski definition) is 2. The van der Waals surface area contributed by atoms with E-state index in [0.717, 1.165) is 16.8 Å². The third-order valence-electron chi connectivity index (χ3n) is 1.64. The monoisotopic (exact) mass is 178 g/mol. The zero-order valence-electron chi connectivity index (χ0n) is 7.08. The predicted octanol–water partition coefficient (Wildman–Crippen LogP) is 0.467. The normalized spacial score (nSPS) is 11.5. The van der Waals surface area contributed by atoms with Crippen LogP contribution >= 0.6 is 12.6 Å². The van der Waals surface area contributed by atoms with Gasteiger partial charge >= 0.3 is 5.97 Å². The fourth-order valence-electron chi connectivity index (χ4n) is 0.781. The number of quaternary nitrogens is 1. The van der Waals surface area contributed by atoms with Gasteiger partial charge in [-0.3, -0.25) is 4.79 Å². The second-order valence-electron chi connectivity index (χ2n) is 3.25. The van der Waals surface area contributed by atoms with Crippen molar-refractivity contribution in [3.05, 3.63) is 0 Å². The number of carboxylic acid groups (broad SMARTS) is 1. The number of carbonyl (C=O) groups is 1. The maximum atomic E-state index is 10.2. The van der Waals surface area contributed by atoms with Gasteiger partial charge < -0.3 is 9.59 Å². The summed E-state index contributed by atoms with van der Waals surface area (Å²) in [7, 11) is 4.03. The number of carboxylic acids is 1. The van der Waals surface area contributed by atoms with Gasteiger partial charge in [0, 0.05) is 5.75 Å². The van der Waals surface area contributed by atoms with Gasteiger partial charge in [-0.05, 0) is 0 Å². The maximum absolute atomic E-state index is 10.2. The minimum Gasteiger partial charge on any atom is -0.481 e. The van der Waals surface area contributed by atoms with Gasteiger partial charge in [0.1, 0.15) is 0 Å². The Morgan fingerprint density at radius 3 is 2.36 bits per heavy atom. The summed E-state index contributed by atoms with van der Waals surface area (Å²) < 4.78 is 0.732. The van der Waals surface area contributed by atoms with Crippen LogP contribution in [0.3, 0.4) is 0 Å². The van der Waals surface area contributed by atoms with Crippen LogP contribution in [0, 0.1) is 0 Å². The molecule has 0 aliphatic carbocycles. The van der Waals surface area contributed by atoms with E-state index in [0.29, 0.717) is 6.54 Å². The lowest BCUT2D eigenvalue weighted by molar-refractivity contribution is -0.887. The Balaban J connectivity index is 3.63. The predicted molar refractivity (Wildman–Crippen MR) is 47.9 cm³/mol. The smallest absolute Gasteiger partial charge is 0.309 e. The zero-order valence-corrected chi connectivity index (χ0v) is 7.97. The van der Waals surface area contributed by atoms with Crippen LogP contribution in [-0.4, -0.2) is 48.5 Å². The first-order valence-corrected chi connectivity index (χ1v) is 4.26. The van der Waals surface area contributed by atoms with Crippen molar-refractivity contribution in [1.29, 1.82) is 0 Å². The summed E-state index contributed by atoms with van der Waals surface area (Å²) in [6.45, 7) is 1.59. The SMILES string of the molecule is C[N+](C)(CCS)CCC(=O)O. The van der Waals surface area contributed by atoms with Gasteiger partial charge in [0.25, 0.3) is 0 Å². The van der Waals surface area contributed by atoms with Gasteiger partial charge in [0.2, 0.25) is 0 Å². The minimum absolute atomic E-state index is 0.237. The average molecular weight is 178 g/mol. The van der Waals surface area contributed by atoms with Gasteiger partial charge in [-0.15, -0.1) is 0 Å². The number of thiol groups is 1. The zero-order chi connectivity index (χ0) is 8.91. The second-order valence-corrected chi connectivity index (χ2v) is 3.70. The largest absolute Gasteiger partial charge is 0.481 e. The van der Waals surface area contributed by atoms with Crippen molar-refractivity contribution in [2.24, 2.45) is 0 Å². The number of aliphatic carboxylic acids is 1. The summed E-state index contributed by atoms with van der Waals surface area (Å²) in [6.07, 6.45) is 0.237. The molecule has 0 unspecified atom stereocenters. The van der Waals surface area contributed by atoms with E-state index in [2.05, 4.69) is 12.6 Å². The number of nitrogens with zero attached hydrogens (tertiary/aromatic N) is 1. The molecule has 0 amide bonds. The lowest BCUT2D eigenvalue weighted by Crippen LogP contribution is -2.42. The molecule has 0 aliphatic heterocycles. The van der Waals surface area contributed by atoms with Gasteiger partial charge in [-0.2, -0.15) is 12.6 Å². The van der Waals surface area contributed by atoms with Crippen molar-refractivity contribution in [2.45, 2.75) is 6.42 Å². The summed E-state index contributed by atoms with van der Waals surface area (Å²) in [5.41, 5.74) is 0. The molecule has 0 atom stereocenters. The maximum Gasteiger partial charge on any atom is 0.309 e. The van der Waals surface area contributed by atoms with Crippen LogP contribution in [0.4, 0.5) is 0 Å². The molecule has 0 spiro atoms. The molecule has 3 nitrogen and oxygen atoms in total. The van der Waals surface area contributed by atoms with E-state index in [1.54, 1.807) is 0 Å². The van der Waals surface area contributed by atoms with Gasteiger partial charge in [-0.25, -0.2) is 0 Å². The molecule has 1 N–H and O–H groups in total. The molecule has 0 aromatic rings. The molecule has 66 valence electrons. The van der Waals surface area contributed by atoms with Crippen LogP contribution in [-0.2, 0) is 4.79 Å². The van der Waals surface area contributed by atoms with Crippen molar-refractivity contribution >= 4 is 18.6 Å².